The molecule has 0 radical (unpaired) electrons. The van der Waals surface area contributed by atoms with Crippen LogP contribution in [0.5, 0.6) is 0 Å². The molecule has 2 rings (SSSR count). The lowest BCUT2D eigenvalue weighted by molar-refractivity contribution is 0.118. The fourth-order valence-electron chi connectivity index (χ4n) is 3.08. The van der Waals surface area contributed by atoms with Gasteiger partial charge in [0.05, 0.1) is 5.02 Å². The average molecular weight is 360 g/mol. The monoisotopic (exact) mass is 358 g/mol. The summed E-state index contributed by atoms with van der Waals surface area (Å²) < 4.78 is 0.992. The molecule has 0 spiro atoms. The van der Waals surface area contributed by atoms with Crippen LogP contribution < -0.4 is 5.32 Å². The topological polar surface area (TPSA) is 15.3 Å². The molecule has 0 saturated carbocycles. The van der Waals surface area contributed by atoms with Gasteiger partial charge in [0, 0.05) is 23.1 Å². The fourth-order valence-corrected chi connectivity index (χ4v) is 3.60. The molecule has 0 aromatic heterocycles. The number of nitrogens with one attached hydrogen (secondary N) is 1. The maximum absolute atomic E-state index is 6.12. The molecule has 4 heteroatoms. The lowest BCUT2D eigenvalue weighted by atomic mass is 9.85. The zero-order chi connectivity index (χ0) is 14.7. The average Bonchev–Trinajstić information content (AvgIpc) is 2.40. The summed E-state index contributed by atoms with van der Waals surface area (Å²) in [5.74, 6) is 0.657. The first kappa shape index (κ1) is 16.3. The first-order valence-corrected chi connectivity index (χ1v) is 8.54. The summed E-state index contributed by atoms with van der Waals surface area (Å²) in [5, 5.41) is 4.38. The molecule has 112 valence electrons. The predicted molar refractivity (Wildman–Crippen MR) is 90.4 cm³/mol. The first-order chi connectivity index (χ1) is 9.49. The number of likely N-dealkylation sites (tertiary alicyclic amines) is 1. The zero-order valence-corrected chi connectivity index (χ0v) is 14.8. The molecule has 0 aliphatic carbocycles. The summed E-state index contributed by atoms with van der Waals surface area (Å²) in [6.07, 6.45) is 2.57. The minimum absolute atomic E-state index is 0.476. The van der Waals surface area contributed by atoms with E-state index in [-0.39, 0.29) is 0 Å². The van der Waals surface area contributed by atoms with Crippen molar-refractivity contribution >= 4 is 27.5 Å². The molecule has 2 unspecified atom stereocenters. The van der Waals surface area contributed by atoms with E-state index >= 15 is 0 Å². The van der Waals surface area contributed by atoms with Crippen molar-refractivity contribution in [2.75, 3.05) is 20.1 Å². The molecular formula is C16H24BrClN2. The van der Waals surface area contributed by atoms with Gasteiger partial charge in [0.15, 0.2) is 0 Å². The number of nitrogens with zero attached hydrogens (tertiary/aromatic N) is 1. The van der Waals surface area contributed by atoms with Crippen LogP contribution in [0, 0.1) is 5.92 Å². The molecule has 1 aromatic rings. The van der Waals surface area contributed by atoms with E-state index in [0.29, 0.717) is 18.0 Å². The van der Waals surface area contributed by atoms with Crippen molar-refractivity contribution in [3.05, 3.63) is 33.3 Å². The molecule has 0 bridgehead atoms. The first-order valence-electron chi connectivity index (χ1n) is 7.37. The van der Waals surface area contributed by atoms with E-state index < -0.39 is 0 Å². The Bertz CT molecular complexity index is 450. The third kappa shape index (κ3) is 3.97. The maximum Gasteiger partial charge on any atom is 0.0548 e. The Hall–Kier alpha value is -0.0900. The van der Waals surface area contributed by atoms with Gasteiger partial charge in [-0.05, 0) is 66.0 Å². The number of rotatable bonds is 4. The van der Waals surface area contributed by atoms with Crippen LogP contribution in [0.25, 0.3) is 0 Å². The maximum atomic E-state index is 6.12. The molecule has 2 atom stereocenters. The molecule has 1 saturated heterocycles. The highest BCUT2D eigenvalue weighted by molar-refractivity contribution is 9.10. The predicted octanol–water partition coefficient (Wildman–Crippen LogP) is 4.48. The van der Waals surface area contributed by atoms with E-state index in [4.69, 9.17) is 11.6 Å². The quantitative estimate of drug-likeness (QED) is 0.852. The van der Waals surface area contributed by atoms with E-state index in [0.717, 1.165) is 16.0 Å². The lowest BCUT2D eigenvalue weighted by Gasteiger charge is -2.40. The van der Waals surface area contributed by atoms with Crippen molar-refractivity contribution in [1.29, 1.82) is 0 Å². The molecule has 1 heterocycles. The summed E-state index contributed by atoms with van der Waals surface area (Å²) in [6, 6.07) is 7.36. The normalized spacial score (nSPS) is 24.3. The second-order valence-electron chi connectivity index (χ2n) is 6.06. The smallest absolute Gasteiger partial charge is 0.0548 e. The van der Waals surface area contributed by atoms with Crippen LogP contribution in [0.1, 0.15) is 38.3 Å². The van der Waals surface area contributed by atoms with Crippen LogP contribution in [0.2, 0.25) is 5.02 Å². The molecule has 20 heavy (non-hydrogen) atoms. The van der Waals surface area contributed by atoms with E-state index in [1.165, 1.54) is 24.9 Å². The van der Waals surface area contributed by atoms with Gasteiger partial charge in [-0.1, -0.05) is 31.5 Å². The Kier molecular flexibility index (Phi) is 5.91. The highest BCUT2D eigenvalue weighted by atomic mass is 79.9. The van der Waals surface area contributed by atoms with Gasteiger partial charge >= 0.3 is 0 Å². The molecule has 1 fully saturated rings. The lowest BCUT2D eigenvalue weighted by Crippen LogP contribution is -2.41. The van der Waals surface area contributed by atoms with Crippen molar-refractivity contribution in [3.8, 4) is 0 Å². The van der Waals surface area contributed by atoms with Crippen LogP contribution in [0.15, 0.2) is 22.7 Å². The summed E-state index contributed by atoms with van der Waals surface area (Å²) in [5.41, 5.74) is 1.36. The van der Waals surface area contributed by atoms with Gasteiger partial charge in [-0.25, -0.2) is 0 Å². The van der Waals surface area contributed by atoms with Gasteiger partial charge in [0.2, 0.25) is 0 Å². The second-order valence-corrected chi connectivity index (χ2v) is 7.33. The molecule has 1 aliphatic rings. The Morgan fingerprint density at radius 2 is 2.20 bits per heavy atom. The number of hydrogen-bond donors (Lipinski definition) is 1. The van der Waals surface area contributed by atoms with Gasteiger partial charge in [0.25, 0.3) is 0 Å². The van der Waals surface area contributed by atoms with E-state index in [2.05, 4.69) is 59.2 Å². The highest BCUT2D eigenvalue weighted by Crippen LogP contribution is 2.37. The van der Waals surface area contributed by atoms with Crippen LogP contribution >= 0.6 is 27.5 Å². The molecule has 1 aliphatic heterocycles. The summed E-state index contributed by atoms with van der Waals surface area (Å²) >= 11 is 9.67. The summed E-state index contributed by atoms with van der Waals surface area (Å²) in [7, 11) is 2.23. The Balaban J connectivity index is 2.20. The van der Waals surface area contributed by atoms with Gasteiger partial charge in [0.1, 0.15) is 0 Å². The SMILES string of the molecule is CC(C)NCC1CCCN(C)C1c1ccc(Cl)c(Br)c1. The molecule has 2 nitrogen and oxygen atoms in total. The van der Waals surface area contributed by atoms with E-state index in [1.807, 2.05) is 6.07 Å². The molecule has 0 amide bonds. The van der Waals surface area contributed by atoms with E-state index in [1.54, 1.807) is 0 Å². The van der Waals surface area contributed by atoms with Gasteiger partial charge in [-0.3, -0.25) is 4.90 Å². The zero-order valence-electron chi connectivity index (χ0n) is 12.5. The summed E-state index contributed by atoms with van der Waals surface area (Å²) in [6.45, 7) is 6.66. The summed E-state index contributed by atoms with van der Waals surface area (Å²) in [4.78, 5) is 2.48. The van der Waals surface area contributed by atoms with Gasteiger partial charge in [-0.15, -0.1) is 0 Å². The van der Waals surface area contributed by atoms with Gasteiger partial charge in [-0.2, -0.15) is 0 Å². The number of hydrogen-bond acceptors (Lipinski definition) is 2. The number of piperidine rings is 1. The minimum atomic E-state index is 0.476. The molecule has 1 aromatic carbocycles. The van der Waals surface area contributed by atoms with Crippen LogP contribution in [0.4, 0.5) is 0 Å². The number of halogens is 2. The molecule has 1 N–H and O–H groups in total. The second kappa shape index (κ2) is 7.26. The largest absolute Gasteiger partial charge is 0.314 e. The van der Waals surface area contributed by atoms with Crippen LogP contribution in [-0.2, 0) is 0 Å². The van der Waals surface area contributed by atoms with Crippen LogP contribution in [-0.4, -0.2) is 31.1 Å². The Morgan fingerprint density at radius 1 is 1.45 bits per heavy atom. The van der Waals surface area contributed by atoms with E-state index in [9.17, 15) is 0 Å². The Morgan fingerprint density at radius 3 is 2.85 bits per heavy atom. The minimum Gasteiger partial charge on any atom is -0.314 e. The van der Waals surface area contributed by atoms with Crippen molar-refractivity contribution in [3.63, 3.8) is 0 Å². The Labute approximate surface area is 136 Å². The van der Waals surface area contributed by atoms with Crippen molar-refractivity contribution < 1.29 is 0 Å². The van der Waals surface area contributed by atoms with Crippen molar-refractivity contribution in [2.24, 2.45) is 5.92 Å². The standard InChI is InChI=1S/C16H24BrClN2/c1-11(2)19-10-13-5-4-8-20(3)16(13)12-6-7-15(18)14(17)9-12/h6-7,9,11,13,16,19H,4-5,8,10H2,1-3H3. The third-order valence-corrected chi connectivity index (χ3v) is 5.29. The van der Waals surface area contributed by atoms with Crippen LogP contribution in [0.3, 0.4) is 0 Å². The fraction of sp³-hybridized carbons (Fsp3) is 0.625. The van der Waals surface area contributed by atoms with Crippen molar-refractivity contribution in [1.82, 2.24) is 10.2 Å². The van der Waals surface area contributed by atoms with Gasteiger partial charge < -0.3 is 5.32 Å². The van der Waals surface area contributed by atoms with Crippen molar-refractivity contribution in [2.45, 2.75) is 38.8 Å². The molecular weight excluding hydrogens is 336 g/mol. The number of benzene rings is 1. The third-order valence-electron chi connectivity index (χ3n) is 4.08. The highest BCUT2D eigenvalue weighted by Gasteiger charge is 2.30.